The van der Waals surface area contributed by atoms with E-state index in [2.05, 4.69) is 32.3 Å². The number of aromatic nitrogens is 4. The van der Waals surface area contributed by atoms with Gasteiger partial charge in [-0.1, -0.05) is 39.8 Å². The standard InChI is InChI=1S/C22H28N4O3/c1-5-7-12-25-20-18(21(27)24-22(25)28)26(14-15(3)4)19(23-20)16-8-10-17(11-9-16)29-13-6-2/h6,8-11,15H,2,5,7,12-14H2,1,3-4H3,(H,24,27,28). The van der Waals surface area contributed by atoms with Crippen LogP contribution in [0.3, 0.4) is 0 Å². The second-order valence-electron chi connectivity index (χ2n) is 7.50. The molecule has 0 amide bonds. The van der Waals surface area contributed by atoms with Crippen molar-refractivity contribution in [2.45, 2.75) is 46.7 Å². The highest BCUT2D eigenvalue weighted by atomic mass is 16.5. The first-order valence-corrected chi connectivity index (χ1v) is 10.0. The van der Waals surface area contributed by atoms with Crippen LogP contribution in [0.15, 0.2) is 46.5 Å². The zero-order chi connectivity index (χ0) is 21.0. The number of hydrogen-bond donors (Lipinski definition) is 1. The molecule has 0 atom stereocenters. The van der Waals surface area contributed by atoms with Gasteiger partial charge in [0.2, 0.25) is 0 Å². The zero-order valence-corrected chi connectivity index (χ0v) is 17.3. The van der Waals surface area contributed by atoms with Crippen LogP contribution in [-0.2, 0) is 13.1 Å². The Hall–Kier alpha value is -3.09. The molecular formula is C22H28N4O3. The number of benzene rings is 1. The van der Waals surface area contributed by atoms with Gasteiger partial charge in [0, 0.05) is 18.7 Å². The van der Waals surface area contributed by atoms with E-state index in [1.54, 1.807) is 10.6 Å². The number of hydrogen-bond acceptors (Lipinski definition) is 4. The smallest absolute Gasteiger partial charge is 0.330 e. The van der Waals surface area contributed by atoms with Crippen molar-refractivity contribution >= 4 is 11.2 Å². The third-order valence-electron chi connectivity index (χ3n) is 4.65. The molecule has 0 saturated carbocycles. The van der Waals surface area contributed by atoms with E-state index in [-0.39, 0.29) is 0 Å². The van der Waals surface area contributed by atoms with E-state index in [0.29, 0.717) is 42.6 Å². The fraction of sp³-hybridized carbons (Fsp3) is 0.409. The second-order valence-corrected chi connectivity index (χ2v) is 7.50. The van der Waals surface area contributed by atoms with Crippen LogP contribution in [0.5, 0.6) is 5.75 Å². The Morgan fingerprint density at radius 2 is 1.93 bits per heavy atom. The highest BCUT2D eigenvalue weighted by Gasteiger charge is 2.20. The van der Waals surface area contributed by atoms with Crippen molar-refractivity contribution in [1.82, 2.24) is 19.1 Å². The Labute approximate surface area is 169 Å². The molecule has 3 aromatic rings. The summed E-state index contributed by atoms with van der Waals surface area (Å²) < 4.78 is 9.04. The first-order chi connectivity index (χ1) is 14.0. The Morgan fingerprint density at radius 3 is 2.55 bits per heavy atom. The van der Waals surface area contributed by atoms with Crippen LogP contribution in [0.25, 0.3) is 22.6 Å². The summed E-state index contributed by atoms with van der Waals surface area (Å²) in [6, 6.07) is 7.57. The maximum atomic E-state index is 12.7. The topological polar surface area (TPSA) is 81.9 Å². The molecule has 2 heterocycles. The molecule has 154 valence electrons. The molecule has 1 aromatic carbocycles. The van der Waals surface area contributed by atoms with Gasteiger partial charge in [0.1, 0.15) is 18.2 Å². The van der Waals surface area contributed by atoms with Gasteiger partial charge >= 0.3 is 5.69 Å². The van der Waals surface area contributed by atoms with E-state index in [1.165, 1.54) is 0 Å². The fourth-order valence-corrected chi connectivity index (χ4v) is 3.31. The van der Waals surface area contributed by atoms with Gasteiger partial charge in [0.25, 0.3) is 5.56 Å². The number of aromatic amines is 1. The fourth-order valence-electron chi connectivity index (χ4n) is 3.31. The molecule has 0 fully saturated rings. The minimum atomic E-state index is -0.412. The van der Waals surface area contributed by atoms with E-state index in [4.69, 9.17) is 9.72 Å². The molecular weight excluding hydrogens is 368 g/mol. The average molecular weight is 396 g/mol. The first-order valence-electron chi connectivity index (χ1n) is 10.0. The molecule has 3 rings (SSSR count). The van der Waals surface area contributed by atoms with Crippen LogP contribution in [0.4, 0.5) is 0 Å². The molecule has 0 bridgehead atoms. The van der Waals surface area contributed by atoms with Gasteiger partial charge in [0.05, 0.1) is 0 Å². The second kappa shape index (κ2) is 8.94. The van der Waals surface area contributed by atoms with Crippen LogP contribution in [0, 0.1) is 5.92 Å². The maximum absolute atomic E-state index is 12.7. The number of unbranched alkanes of at least 4 members (excludes halogenated alkanes) is 1. The highest BCUT2D eigenvalue weighted by molar-refractivity contribution is 5.77. The Balaban J connectivity index is 2.20. The third-order valence-corrected chi connectivity index (χ3v) is 4.65. The predicted molar refractivity (Wildman–Crippen MR) is 115 cm³/mol. The quantitative estimate of drug-likeness (QED) is 0.561. The lowest BCUT2D eigenvalue weighted by Crippen LogP contribution is -2.31. The Kier molecular flexibility index (Phi) is 6.36. The summed E-state index contributed by atoms with van der Waals surface area (Å²) in [6.07, 6.45) is 3.47. The van der Waals surface area contributed by atoms with E-state index in [9.17, 15) is 9.59 Å². The number of aryl methyl sites for hydroxylation is 1. The zero-order valence-electron chi connectivity index (χ0n) is 17.3. The number of H-pyrrole nitrogens is 1. The van der Waals surface area contributed by atoms with Crippen LogP contribution in [0.2, 0.25) is 0 Å². The average Bonchev–Trinajstić information content (AvgIpc) is 3.05. The largest absolute Gasteiger partial charge is 0.490 e. The van der Waals surface area contributed by atoms with E-state index >= 15 is 0 Å². The van der Waals surface area contributed by atoms with Crippen LogP contribution >= 0.6 is 0 Å². The normalized spacial score (nSPS) is 11.3. The monoisotopic (exact) mass is 396 g/mol. The van der Waals surface area contributed by atoms with Gasteiger partial charge in [-0.3, -0.25) is 14.3 Å². The molecule has 0 aliphatic carbocycles. The predicted octanol–water partition coefficient (Wildman–Crippen LogP) is 3.57. The van der Waals surface area contributed by atoms with Crippen molar-refractivity contribution in [2.75, 3.05) is 6.61 Å². The molecule has 0 aliphatic rings. The highest BCUT2D eigenvalue weighted by Crippen LogP contribution is 2.26. The molecule has 1 N–H and O–H groups in total. The van der Waals surface area contributed by atoms with Gasteiger partial charge in [-0.25, -0.2) is 9.78 Å². The summed E-state index contributed by atoms with van der Waals surface area (Å²) in [5, 5.41) is 0. The minimum Gasteiger partial charge on any atom is -0.490 e. The lowest BCUT2D eigenvalue weighted by Gasteiger charge is -2.12. The van der Waals surface area contributed by atoms with E-state index in [1.807, 2.05) is 28.8 Å². The van der Waals surface area contributed by atoms with Crippen molar-refractivity contribution in [3.63, 3.8) is 0 Å². The van der Waals surface area contributed by atoms with Gasteiger partial charge in [-0.05, 0) is 36.6 Å². The summed E-state index contributed by atoms with van der Waals surface area (Å²) in [5.41, 5.74) is 0.931. The molecule has 0 radical (unpaired) electrons. The Morgan fingerprint density at radius 1 is 1.21 bits per heavy atom. The number of nitrogens with zero attached hydrogens (tertiary/aromatic N) is 3. The van der Waals surface area contributed by atoms with Gasteiger partial charge < -0.3 is 9.30 Å². The summed E-state index contributed by atoms with van der Waals surface area (Å²) in [7, 11) is 0. The lowest BCUT2D eigenvalue weighted by atomic mass is 10.2. The van der Waals surface area contributed by atoms with Gasteiger partial charge in [0.15, 0.2) is 11.2 Å². The molecule has 0 spiro atoms. The lowest BCUT2D eigenvalue weighted by molar-refractivity contribution is 0.363. The van der Waals surface area contributed by atoms with E-state index in [0.717, 1.165) is 24.2 Å². The summed E-state index contributed by atoms with van der Waals surface area (Å²) in [4.78, 5) is 32.3. The number of fused-ring (bicyclic) bond motifs is 1. The third kappa shape index (κ3) is 4.34. The molecule has 29 heavy (non-hydrogen) atoms. The Bertz CT molecular complexity index is 1100. The number of rotatable bonds is 9. The van der Waals surface area contributed by atoms with Crippen molar-refractivity contribution in [2.24, 2.45) is 5.92 Å². The first kappa shape index (κ1) is 20.6. The van der Waals surface area contributed by atoms with Crippen LogP contribution in [0.1, 0.15) is 33.6 Å². The molecule has 2 aromatic heterocycles. The number of nitrogens with one attached hydrogen (secondary N) is 1. The SMILES string of the molecule is C=CCOc1ccc(-c2nc3c(c(=O)[nH]c(=O)n3CCCC)n2CC(C)C)cc1. The number of ether oxygens (including phenoxy) is 1. The minimum absolute atomic E-state index is 0.303. The van der Waals surface area contributed by atoms with Crippen molar-refractivity contribution in [3.8, 4) is 17.1 Å². The summed E-state index contributed by atoms with van der Waals surface area (Å²) in [5.74, 6) is 1.71. The van der Waals surface area contributed by atoms with E-state index < -0.39 is 11.2 Å². The summed E-state index contributed by atoms with van der Waals surface area (Å²) >= 11 is 0. The molecule has 7 nitrogen and oxygen atoms in total. The number of imidazole rings is 1. The van der Waals surface area contributed by atoms with Gasteiger partial charge in [-0.15, -0.1) is 0 Å². The van der Waals surface area contributed by atoms with Crippen LogP contribution < -0.4 is 16.0 Å². The maximum Gasteiger partial charge on any atom is 0.330 e. The summed E-state index contributed by atoms with van der Waals surface area (Å²) in [6.45, 7) is 11.5. The molecule has 7 heteroatoms. The van der Waals surface area contributed by atoms with Gasteiger partial charge in [-0.2, -0.15) is 0 Å². The molecule has 0 saturated heterocycles. The van der Waals surface area contributed by atoms with Crippen molar-refractivity contribution < 1.29 is 4.74 Å². The van der Waals surface area contributed by atoms with Crippen LogP contribution in [-0.4, -0.2) is 25.7 Å². The molecule has 0 aliphatic heterocycles. The van der Waals surface area contributed by atoms with Crippen molar-refractivity contribution in [3.05, 3.63) is 57.8 Å². The van der Waals surface area contributed by atoms with Crippen molar-refractivity contribution in [1.29, 1.82) is 0 Å². The molecule has 0 unspecified atom stereocenters.